The molecule has 0 aliphatic heterocycles. The Bertz CT molecular complexity index is 722. The molecule has 0 radical (unpaired) electrons. The first-order chi connectivity index (χ1) is 9.44. The lowest BCUT2D eigenvalue weighted by atomic mass is 10.3. The third-order valence-corrected chi connectivity index (χ3v) is 5.36. The van der Waals surface area contributed by atoms with Crippen LogP contribution in [0.15, 0.2) is 45.1 Å². The van der Waals surface area contributed by atoms with Crippen LogP contribution in [0.3, 0.4) is 0 Å². The van der Waals surface area contributed by atoms with Crippen molar-refractivity contribution in [2.45, 2.75) is 4.90 Å². The number of benzene rings is 1. The van der Waals surface area contributed by atoms with Crippen molar-refractivity contribution < 1.29 is 17.9 Å². The third-order valence-electron chi connectivity index (χ3n) is 2.39. The standard InChI is InChI=1S/C12H10BrNO4S2/c1-18-12(15)11-10(6-7-19-11)20(16,17)14-9-4-2-8(13)3-5-9/h2-7,14H,1H3. The highest BCUT2D eigenvalue weighted by atomic mass is 79.9. The monoisotopic (exact) mass is 375 g/mol. The molecule has 8 heteroatoms. The number of methoxy groups -OCH3 is 1. The summed E-state index contributed by atoms with van der Waals surface area (Å²) in [5.74, 6) is -0.670. The highest BCUT2D eigenvalue weighted by molar-refractivity contribution is 9.10. The number of hydrogen-bond acceptors (Lipinski definition) is 5. The van der Waals surface area contributed by atoms with E-state index >= 15 is 0 Å². The quantitative estimate of drug-likeness (QED) is 0.833. The molecule has 0 spiro atoms. The van der Waals surface area contributed by atoms with Gasteiger partial charge in [-0.05, 0) is 35.7 Å². The molecule has 1 aromatic heterocycles. The summed E-state index contributed by atoms with van der Waals surface area (Å²) in [5.41, 5.74) is 0.412. The highest BCUT2D eigenvalue weighted by Crippen LogP contribution is 2.25. The Labute approximate surface area is 128 Å². The Morgan fingerprint density at radius 1 is 1.25 bits per heavy atom. The summed E-state index contributed by atoms with van der Waals surface area (Å²) in [6.45, 7) is 0. The normalized spacial score (nSPS) is 11.1. The topological polar surface area (TPSA) is 72.5 Å². The molecule has 0 saturated heterocycles. The second-order valence-corrected chi connectivity index (χ2v) is 7.20. The second kappa shape index (κ2) is 5.94. The SMILES string of the molecule is COC(=O)c1sccc1S(=O)(=O)Nc1ccc(Br)cc1. The van der Waals surface area contributed by atoms with Crippen LogP contribution in [0, 0.1) is 0 Å². The maximum atomic E-state index is 12.3. The van der Waals surface area contributed by atoms with Crippen LogP contribution < -0.4 is 4.72 Å². The zero-order valence-corrected chi connectivity index (χ0v) is 13.5. The molecule has 1 N–H and O–H groups in total. The van der Waals surface area contributed by atoms with Crippen LogP contribution in [0.5, 0.6) is 0 Å². The summed E-state index contributed by atoms with van der Waals surface area (Å²) in [6.07, 6.45) is 0. The van der Waals surface area contributed by atoms with Crippen molar-refractivity contribution >= 4 is 48.9 Å². The van der Waals surface area contributed by atoms with Gasteiger partial charge in [0, 0.05) is 10.2 Å². The third kappa shape index (κ3) is 3.20. The van der Waals surface area contributed by atoms with E-state index in [1.165, 1.54) is 18.6 Å². The molecule has 0 aliphatic carbocycles. The van der Waals surface area contributed by atoms with Crippen LogP contribution in [-0.4, -0.2) is 21.5 Å². The number of thiophene rings is 1. The Hall–Kier alpha value is -1.38. The molecule has 2 rings (SSSR count). The van der Waals surface area contributed by atoms with Gasteiger partial charge in [0.15, 0.2) is 0 Å². The van der Waals surface area contributed by atoms with Gasteiger partial charge in [-0.3, -0.25) is 4.72 Å². The summed E-state index contributed by atoms with van der Waals surface area (Å²) in [7, 11) is -2.62. The molecule has 2 aromatic rings. The molecule has 1 aromatic carbocycles. The van der Waals surface area contributed by atoms with Crippen molar-refractivity contribution in [2.24, 2.45) is 0 Å². The van der Waals surface area contributed by atoms with Gasteiger partial charge in [0.25, 0.3) is 10.0 Å². The fourth-order valence-corrected chi connectivity index (χ4v) is 4.14. The van der Waals surface area contributed by atoms with E-state index in [1.807, 2.05) is 0 Å². The number of rotatable bonds is 4. The molecule has 1 heterocycles. The maximum Gasteiger partial charge on any atom is 0.349 e. The van der Waals surface area contributed by atoms with Crippen LogP contribution in [0.1, 0.15) is 9.67 Å². The minimum absolute atomic E-state index is 0.0529. The first kappa shape index (κ1) is 15.0. The molecular formula is C12H10BrNO4S2. The smallest absolute Gasteiger partial charge is 0.349 e. The second-order valence-electron chi connectivity index (χ2n) is 3.72. The molecule has 0 saturated carbocycles. The van der Waals surface area contributed by atoms with E-state index in [-0.39, 0.29) is 9.77 Å². The summed E-state index contributed by atoms with van der Waals surface area (Å²) >= 11 is 4.29. The summed E-state index contributed by atoms with van der Waals surface area (Å²) in [5, 5.41) is 1.53. The Balaban J connectivity index is 2.34. The van der Waals surface area contributed by atoms with Gasteiger partial charge < -0.3 is 4.74 Å². The van der Waals surface area contributed by atoms with Gasteiger partial charge in [0.2, 0.25) is 0 Å². The lowest BCUT2D eigenvalue weighted by Crippen LogP contribution is -2.15. The van der Waals surface area contributed by atoms with Gasteiger partial charge in [-0.2, -0.15) is 0 Å². The number of sulfonamides is 1. The average molecular weight is 376 g/mol. The van der Waals surface area contributed by atoms with Crippen LogP contribution in [0.2, 0.25) is 0 Å². The van der Waals surface area contributed by atoms with Crippen molar-refractivity contribution in [1.82, 2.24) is 0 Å². The molecule has 5 nitrogen and oxygen atoms in total. The molecule has 0 unspecified atom stereocenters. The van der Waals surface area contributed by atoms with E-state index in [1.54, 1.807) is 24.3 Å². The van der Waals surface area contributed by atoms with E-state index in [4.69, 9.17) is 0 Å². The largest absolute Gasteiger partial charge is 0.465 e. The maximum absolute atomic E-state index is 12.3. The van der Waals surface area contributed by atoms with Crippen LogP contribution in [-0.2, 0) is 14.8 Å². The first-order valence-corrected chi connectivity index (χ1v) is 8.54. The van der Waals surface area contributed by atoms with Gasteiger partial charge in [-0.25, -0.2) is 13.2 Å². The minimum atomic E-state index is -3.82. The fraction of sp³-hybridized carbons (Fsp3) is 0.0833. The molecule has 0 atom stereocenters. The molecule has 106 valence electrons. The lowest BCUT2D eigenvalue weighted by Gasteiger charge is -2.08. The van der Waals surface area contributed by atoms with Crippen molar-refractivity contribution in [1.29, 1.82) is 0 Å². The highest BCUT2D eigenvalue weighted by Gasteiger charge is 2.24. The number of anilines is 1. The predicted octanol–water partition coefficient (Wildman–Crippen LogP) is 3.10. The number of carbonyl (C=O) groups is 1. The average Bonchev–Trinajstić information content (AvgIpc) is 2.90. The van der Waals surface area contributed by atoms with E-state index in [0.29, 0.717) is 5.69 Å². The summed E-state index contributed by atoms with van der Waals surface area (Å²) < 4.78 is 32.4. The number of nitrogens with one attached hydrogen (secondary N) is 1. The number of ether oxygens (including phenoxy) is 1. The zero-order chi connectivity index (χ0) is 14.8. The fourth-order valence-electron chi connectivity index (χ4n) is 1.48. The molecular weight excluding hydrogens is 366 g/mol. The Morgan fingerprint density at radius 3 is 2.50 bits per heavy atom. The summed E-state index contributed by atoms with van der Waals surface area (Å²) in [4.78, 5) is 11.5. The predicted molar refractivity (Wildman–Crippen MR) is 80.6 cm³/mol. The molecule has 20 heavy (non-hydrogen) atoms. The Morgan fingerprint density at radius 2 is 1.90 bits per heavy atom. The van der Waals surface area contributed by atoms with E-state index in [9.17, 15) is 13.2 Å². The lowest BCUT2D eigenvalue weighted by molar-refractivity contribution is 0.0602. The van der Waals surface area contributed by atoms with Crippen LogP contribution >= 0.6 is 27.3 Å². The van der Waals surface area contributed by atoms with Gasteiger partial charge >= 0.3 is 5.97 Å². The van der Waals surface area contributed by atoms with Gasteiger partial charge in [-0.15, -0.1) is 11.3 Å². The number of halogens is 1. The number of esters is 1. The van der Waals surface area contributed by atoms with Crippen LogP contribution in [0.25, 0.3) is 0 Å². The van der Waals surface area contributed by atoms with E-state index < -0.39 is 16.0 Å². The van der Waals surface area contributed by atoms with Crippen molar-refractivity contribution in [3.63, 3.8) is 0 Å². The van der Waals surface area contributed by atoms with Crippen molar-refractivity contribution in [2.75, 3.05) is 11.8 Å². The van der Waals surface area contributed by atoms with E-state index in [0.717, 1.165) is 15.8 Å². The minimum Gasteiger partial charge on any atom is -0.465 e. The molecule has 0 aliphatic rings. The van der Waals surface area contributed by atoms with Gasteiger partial charge in [0.1, 0.15) is 9.77 Å². The number of hydrogen-bond donors (Lipinski definition) is 1. The number of carbonyl (C=O) groups excluding carboxylic acids is 1. The molecule has 0 bridgehead atoms. The zero-order valence-electron chi connectivity index (χ0n) is 10.3. The first-order valence-electron chi connectivity index (χ1n) is 5.38. The van der Waals surface area contributed by atoms with Crippen LogP contribution in [0.4, 0.5) is 5.69 Å². The van der Waals surface area contributed by atoms with Crippen molar-refractivity contribution in [3.8, 4) is 0 Å². The van der Waals surface area contributed by atoms with Gasteiger partial charge in [-0.1, -0.05) is 15.9 Å². The Kier molecular flexibility index (Phi) is 4.46. The molecule has 0 amide bonds. The summed E-state index contributed by atoms with van der Waals surface area (Å²) in [6, 6.07) is 8.04. The van der Waals surface area contributed by atoms with Gasteiger partial charge in [0.05, 0.1) is 7.11 Å². The van der Waals surface area contributed by atoms with E-state index in [2.05, 4.69) is 25.4 Å². The molecule has 0 fully saturated rings. The van der Waals surface area contributed by atoms with Crippen molar-refractivity contribution in [3.05, 3.63) is 45.1 Å².